The van der Waals surface area contributed by atoms with Gasteiger partial charge in [-0.15, -0.1) is 0 Å². The van der Waals surface area contributed by atoms with Crippen molar-refractivity contribution in [1.29, 1.82) is 0 Å². The Balaban J connectivity index is 1.82. The smallest absolute Gasteiger partial charge is 0.308 e. The molecule has 1 aromatic heterocycles. The molecule has 1 N–H and O–H groups in total. The quantitative estimate of drug-likeness (QED) is 0.858. The maximum Gasteiger partial charge on any atom is 0.308 e. The molecule has 18 heavy (non-hydrogen) atoms. The minimum atomic E-state index is -0.686. The van der Waals surface area contributed by atoms with Crippen LogP contribution in [0.2, 0.25) is 0 Å². The van der Waals surface area contributed by atoms with Crippen LogP contribution in [0.5, 0.6) is 0 Å². The standard InChI is InChI=1S/C13H19N3O2/c1-15-6-2-3-11(15)10-8-16-7-9(13(17)18)4-5-12(16)14-10/h8-9,11H,2-7H2,1H3,(H,17,18). The molecular formula is C13H19N3O2. The highest BCUT2D eigenvalue weighted by atomic mass is 16.4. The monoisotopic (exact) mass is 249 g/mol. The normalized spacial score (nSPS) is 28.3. The van der Waals surface area contributed by atoms with Gasteiger partial charge in [0.15, 0.2) is 0 Å². The van der Waals surface area contributed by atoms with E-state index in [0.29, 0.717) is 19.0 Å². The fourth-order valence-corrected chi connectivity index (χ4v) is 3.11. The summed E-state index contributed by atoms with van der Waals surface area (Å²) in [4.78, 5) is 18.1. The maximum atomic E-state index is 11.0. The van der Waals surface area contributed by atoms with E-state index in [1.807, 2.05) is 4.57 Å². The third-order valence-electron chi connectivity index (χ3n) is 4.22. The SMILES string of the molecule is CN1CCCC1c1cn2c(n1)CCC(C(=O)O)C2. The average Bonchev–Trinajstić information content (AvgIpc) is 2.92. The van der Waals surface area contributed by atoms with E-state index >= 15 is 0 Å². The predicted octanol–water partition coefficient (Wildman–Crippen LogP) is 1.30. The number of likely N-dealkylation sites (tertiary alicyclic amines) is 1. The van der Waals surface area contributed by atoms with Crippen LogP contribution in [-0.2, 0) is 17.8 Å². The first kappa shape index (κ1) is 11.7. The number of hydrogen-bond donors (Lipinski definition) is 1. The Morgan fingerprint density at radius 2 is 2.33 bits per heavy atom. The van der Waals surface area contributed by atoms with E-state index in [0.717, 1.165) is 30.9 Å². The first-order chi connectivity index (χ1) is 8.65. The van der Waals surface area contributed by atoms with Gasteiger partial charge in [-0.2, -0.15) is 0 Å². The van der Waals surface area contributed by atoms with Crippen LogP contribution >= 0.6 is 0 Å². The summed E-state index contributed by atoms with van der Waals surface area (Å²) in [6, 6.07) is 0.423. The predicted molar refractivity (Wildman–Crippen MR) is 66.3 cm³/mol. The molecule has 2 aliphatic heterocycles. The number of hydrogen-bond acceptors (Lipinski definition) is 3. The molecule has 1 aromatic rings. The van der Waals surface area contributed by atoms with E-state index in [1.165, 1.54) is 6.42 Å². The summed E-state index contributed by atoms with van der Waals surface area (Å²) in [6.45, 7) is 1.71. The number of aryl methyl sites for hydroxylation is 1. The molecule has 5 heteroatoms. The largest absolute Gasteiger partial charge is 0.481 e. The topological polar surface area (TPSA) is 58.4 Å². The second kappa shape index (κ2) is 4.39. The third-order valence-corrected chi connectivity index (χ3v) is 4.22. The van der Waals surface area contributed by atoms with E-state index in [2.05, 4.69) is 18.1 Å². The third kappa shape index (κ3) is 1.92. The maximum absolute atomic E-state index is 11.0. The van der Waals surface area contributed by atoms with Gasteiger partial charge in [-0.3, -0.25) is 9.69 Å². The van der Waals surface area contributed by atoms with Gasteiger partial charge in [-0.1, -0.05) is 0 Å². The van der Waals surface area contributed by atoms with Gasteiger partial charge in [0.25, 0.3) is 0 Å². The highest BCUT2D eigenvalue weighted by molar-refractivity contribution is 5.70. The van der Waals surface area contributed by atoms with Gasteiger partial charge in [-0.05, 0) is 32.9 Å². The lowest BCUT2D eigenvalue weighted by atomic mass is 10.00. The number of imidazole rings is 1. The molecule has 98 valence electrons. The lowest BCUT2D eigenvalue weighted by Gasteiger charge is -2.19. The van der Waals surface area contributed by atoms with Crippen LogP contribution < -0.4 is 0 Å². The second-order valence-electron chi connectivity index (χ2n) is 5.45. The molecule has 0 spiro atoms. The van der Waals surface area contributed by atoms with Crippen LogP contribution in [0.1, 0.15) is 36.8 Å². The summed E-state index contributed by atoms with van der Waals surface area (Å²) < 4.78 is 2.05. The number of carbonyl (C=O) groups is 1. The molecule has 1 fully saturated rings. The van der Waals surface area contributed by atoms with E-state index in [1.54, 1.807) is 0 Å². The van der Waals surface area contributed by atoms with Gasteiger partial charge in [-0.25, -0.2) is 4.98 Å². The Kier molecular flexibility index (Phi) is 2.86. The molecule has 2 unspecified atom stereocenters. The summed E-state index contributed by atoms with van der Waals surface area (Å²) in [5, 5.41) is 9.08. The van der Waals surface area contributed by atoms with Crippen molar-refractivity contribution < 1.29 is 9.90 Å². The molecule has 2 aliphatic rings. The van der Waals surface area contributed by atoms with Crippen LogP contribution in [0.15, 0.2) is 6.20 Å². The minimum absolute atomic E-state index is 0.249. The van der Waals surface area contributed by atoms with Crippen LogP contribution in [0.25, 0.3) is 0 Å². The van der Waals surface area contributed by atoms with Gasteiger partial charge >= 0.3 is 5.97 Å². The summed E-state index contributed by atoms with van der Waals surface area (Å²) in [5.74, 6) is 0.123. The van der Waals surface area contributed by atoms with Gasteiger partial charge < -0.3 is 9.67 Å². The molecule has 3 heterocycles. The van der Waals surface area contributed by atoms with Crippen LogP contribution in [0.3, 0.4) is 0 Å². The average molecular weight is 249 g/mol. The Morgan fingerprint density at radius 3 is 3.00 bits per heavy atom. The Labute approximate surface area is 106 Å². The lowest BCUT2D eigenvalue weighted by molar-refractivity contribution is -0.142. The second-order valence-corrected chi connectivity index (χ2v) is 5.45. The van der Waals surface area contributed by atoms with Crippen molar-refractivity contribution in [2.75, 3.05) is 13.6 Å². The number of aliphatic carboxylic acids is 1. The van der Waals surface area contributed by atoms with E-state index in [-0.39, 0.29) is 5.92 Å². The van der Waals surface area contributed by atoms with E-state index in [9.17, 15) is 4.79 Å². The van der Waals surface area contributed by atoms with E-state index in [4.69, 9.17) is 10.1 Å². The highest BCUT2D eigenvalue weighted by Gasteiger charge is 2.29. The molecule has 5 nitrogen and oxygen atoms in total. The number of aromatic nitrogens is 2. The highest BCUT2D eigenvalue weighted by Crippen LogP contribution is 2.31. The summed E-state index contributed by atoms with van der Waals surface area (Å²) in [6.07, 6.45) is 5.95. The van der Waals surface area contributed by atoms with Crippen molar-refractivity contribution in [2.45, 2.75) is 38.3 Å². The molecular weight excluding hydrogens is 230 g/mol. The zero-order chi connectivity index (χ0) is 12.7. The number of nitrogens with zero attached hydrogens (tertiary/aromatic N) is 3. The van der Waals surface area contributed by atoms with Gasteiger partial charge in [0.05, 0.1) is 17.7 Å². The molecule has 0 saturated carbocycles. The molecule has 1 saturated heterocycles. The molecule has 0 amide bonds. The molecule has 0 aliphatic carbocycles. The number of rotatable bonds is 2. The van der Waals surface area contributed by atoms with Gasteiger partial charge in [0, 0.05) is 19.2 Å². The van der Waals surface area contributed by atoms with Crippen molar-refractivity contribution in [2.24, 2.45) is 5.92 Å². The lowest BCUT2D eigenvalue weighted by Crippen LogP contribution is -2.26. The van der Waals surface area contributed by atoms with Crippen molar-refractivity contribution in [3.8, 4) is 0 Å². The Hall–Kier alpha value is -1.36. The Morgan fingerprint density at radius 1 is 1.50 bits per heavy atom. The van der Waals surface area contributed by atoms with Gasteiger partial charge in [0.2, 0.25) is 0 Å². The van der Waals surface area contributed by atoms with Crippen molar-refractivity contribution in [3.63, 3.8) is 0 Å². The summed E-state index contributed by atoms with van der Waals surface area (Å²) in [7, 11) is 2.13. The van der Waals surface area contributed by atoms with Gasteiger partial charge in [0.1, 0.15) is 5.82 Å². The number of carboxylic acid groups (broad SMARTS) is 1. The summed E-state index contributed by atoms with van der Waals surface area (Å²) >= 11 is 0. The minimum Gasteiger partial charge on any atom is -0.481 e. The first-order valence-electron chi connectivity index (χ1n) is 6.64. The molecule has 0 aromatic carbocycles. The zero-order valence-corrected chi connectivity index (χ0v) is 10.7. The van der Waals surface area contributed by atoms with E-state index < -0.39 is 5.97 Å². The number of fused-ring (bicyclic) bond motifs is 1. The van der Waals surface area contributed by atoms with Crippen LogP contribution in [-0.4, -0.2) is 39.1 Å². The zero-order valence-electron chi connectivity index (χ0n) is 10.7. The molecule has 3 rings (SSSR count). The molecule has 2 atom stereocenters. The fourth-order valence-electron chi connectivity index (χ4n) is 3.11. The molecule has 0 radical (unpaired) electrons. The first-order valence-corrected chi connectivity index (χ1v) is 6.64. The molecule has 0 bridgehead atoms. The van der Waals surface area contributed by atoms with Crippen LogP contribution in [0, 0.1) is 5.92 Å². The van der Waals surface area contributed by atoms with Crippen molar-refractivity contribution in [1.82, 2.24) is 14.5 Å². The fraction of sp³-hybridized carbons (Fsp3) is 0.692. The summed E-state index contributed by atoms with van der Waals surface area (Å²) in [5.41, 5.74) is 1.12. The van der Waals surface area contributed by atoms with Crippen LogP contribution in [0.4, 0.5) is 0 Å². The Bertz CT molecular complexity index is 469. The van der Waals surface area contributed by atoms with Crippen molar-refractivity contribution >= 4 is 5.97 Å². The number of carboxylic acids is 1. The van der Waals surface area contributed by atoms with Crippen molar-refractivity contribution in [3.05, 3.63) is 17.7 Å².